The molecule has 1 aromatic heterocycles. The highest BCUT2D eigenvalue weighted by atomic mass is 19.4. The molecule has 0 aliphatic heterocycles. The van der Waals surface area contributed by atoms with Crippen LogP contribution in [0.5, 0.6) is 17.2 Å². The van der Waals surface area contributed by atoms with Gasteiger partial charge >= 0.3 is 6.36 Å². The minimum absolute atomic E-state index is 0.172. The molecule has 5 atom stereocenters. The number of aromatic nitrogens is 3. The predicted octanol–water partition coefficient (Wildman–Crippen LogP) is 5.62. The van der Waals surface area contributed by atoms with Gasteiger partial charge in [-0.25, -0.2) is 4.68 Å². The van der Waals surface area contributed by atoms with Crippen molar-refractivity contribution in [2.24, 2.45) is 17.3 Å². The first kappa shape index (κ1) is 25.0. The van der Waals surface area contributed by atoms with Gasteiger partial charge in [-0.3, -0.25) is 0 Å². The summed E-state index contributed by atoms with van der Waals surface area (Å²) in [5, 5.41) is 30.9. The normalized spacial score (nSPS) is 30.3. The summed E-state index contributed by atoms with van der Waals surface area (Å²) in [6.07, 6.45) is 1.97. The largest absolute Gasteiger partial charge is 0.573 e. The van der Waals surface area contributed by atoms with Crippen LogP contribution in [0.15, 0.2) is 42.6 Å². The number of nitrogens with zero attached hydrogens (tertiary/aromatic N) is 3. The summed E-state index contributed by atoms with van der Waals surface area (Å²) in [6, 6.07) is 9.22. The summed E-state index contributed by atoms with van der Waals surface area (Å²) < 4.78 is 48.3. The molecular weight excluding hydrogens is 499 g/mol. The smallest absolute Gasteiger partial charge is 0.504 e. The number of methoxy groups -OCH3 is 1. The van der Waals surface area contributed by atoms with Crippen LogP contribution in [0.2, 0.25) is 0 Å². The third-order valence-corrected chi connectivity index (χ3v) is 9.43. The number of hydrogen-bond donors (Lipinski definition) is 2. The second-order valence-corrected chi connectivity index (χ2v) is 11.1. The monoisotopic (exact) mass is 529 g/mol. The molecule has 2 fully saturated rings. The molecule has 0 spiro atoms. The van der Waals surface area contributed by atoms with Gasteiger partial charge in [0.1, 0.15) is 17.0 Å². The van der Waals surface area contributed by atoms with Crippen molar-refractivity contribution in [1.29, 1.82) is 0 Å². The third kappa shape index (κ3) is 3.83. The van der Waals surface area contributed by atoms with Gasteiger partial charge in [-0.15, -0.1) is 18.3 Å². The molecule has 10 heteroatoms. The lowest BCUT2D eigenvalue weighted by Crippen LogP contribution is -2.49. The average molecular weight is 530 g/mol. The van der Waals surface area contributed by atoms with E-state index in [1.165, 1.54) is 40.1 Å². The number of benzene rings is 2. The van der Waals surface area contributed by atoms with Crippen molar-refractivity contribution in [3.8, 4) is 22.9 Å². The first-order valence-electron chi connectivity index (χ1n) is 12.9. The average Bonchev–Trinajstić information content (AvgIpc) is 3.47. The van der Waals surface area contributed by atoms with Crippen LogP contribution < -0.4 is 9.47 Å². The number of rotatable bonds is 4. The highest BCUT2D eigenvalue weighted by Crippen LogP contribution is 2.67. The van der Waals surface area contributed by atoms with E-state index in [-0.39, 0.29) is 11.5 Å². The van der Waals surface area contributed by atoms with Crippen LogP contribution in [0.25, 0.3) is 5.69 Å². The molecule has 2 aromatic carbocycles. The Morgan fingerprint density at radius 3 is 2.55 bits per heavy atom. The number of phenols is 1. The summed E-state index contributed by atoms with van der Waals surface area (Å²) in [6.45, 7) is 2.16. The number of halogens is 3. The lowest BCUT2D eigenvalue weighted by atomic mass is 9.53. The fraction of sp³-hybridized carbons (Fsp3) is 0.500. The van der Waals surface area contributed by atoms with Gasteiger partial charge in [0.25, 0.3) is 0 Å². The van der Waals surface area contributed by atoms with E-state index in [1.54, 1.807) is 13.3 Å². The maximum atomic E-state index is 12.5. The maximum absolute atomic E-state index is 12.5. The molecule has 38 heavy (non-hydrogen) atoms. The number of phenolic OH excluding ortho intramolecular Hbond substituents is 1. The molecule has 1 heterocycles. The number of alkyl halides is 3. The molecule has 0 amide bonds. The van der Waals surface area contributed by atoms with E-state index in [9.17, 15) is 23.4 Å². The second kappa shape index (κ2) is 8.62. The van der Waals surface area contributed by atoms with E-state index in [0.29, 0.717) is 41.3 Å². The van der Waals surface area contributed by atoms with Gasteiger partial charge in [-0.2, -0.15) is 0 Å². The van der Waals surface area contributed by atoms with Gasteiger partial charge in [0.05, 0.1) is 19.0 Å². The lowest BCUT2D eigenvalue weighted by molar-refractivity contribution is -0.274. The van der Waals surface area contributed by atoms with Crippen LogP contribution in [0.4, 0.5) is 13.2 Å². The van der Waals surface area contributed by atoms with Gasteiger partial charge in [0.15, 0.2) is 11.5 Å². The summed E-state index contributed by atoms with van der Waals surface area (Å²) in [5.74, 6) is 1.40. The van der Waals surface area contributed by atoms with Crippen LogP contribution >= 0.6 is 0 Å². The summed E-state index contributed by atoms with van der Waals surface area (Å²) in [4.78, 5) is 0. The highest BCUT2D eigenvalue weighted by Gasteiger charge is 2.63. The Balaban J connectivity index is 1.26. The zero-order chi connectivity index (χ0) is 26.9. The zero-order valence-corrected chi connectivity index (χ0v) is 21.2. The Morgan fingerprint density at radius 2 is 1.84 bits per heavy atom. The van der Waals surface area contributed by atoms with Crippen LogP contribution in [-0.2, 0) is 12.0 Å². The second-order valence-electron chi connectivity index (χ2n) is 11.1. The minimum Gasteiger partial charge on any atom is -0.504 e. The number of aromatic hydroxyl groups is 1. The first-order chi connectivity index (χ1) is 18.0. The molecule has 6 rings (SSSR count). The van der Waals surface area contributed by atoms with Crippen molar-refractivity contribution < 1.29 is 32.9 Å². The van der Waals surface area contributed by atoms with Gasteiger partial charge in [0.2, 0.25) is 0 Å². The number of fused-ring (bicyclic) bond motifs is 5. The van der Waals surface area contributed by atoms with Gasteiger partial charge in [-0.05, 0) is 104 Å². The Kier molecular flexibility index (Phi) is 5.68. The zero-order valence-electron chi connectivity index (χ0n) is 21.2. The molecule has 0 bridgehead atoms. The fourth-order valence-corrected chi connectivity index (χ4v) is 7.57. The molecular formula is C28H30F3N3O4. The van der Waals surface area contributed by atoms with Crippen molar-refractivity contribution in [2.75, 3.05) is 7.11 Å². The summed E-state index contributed by atoms with van der Waals surface area (Å²) in [5.41, 5.74) is 1.88. The van der Waals surface area contributed by atoms with Crippen molar-refractivity contribution >= 4 is 0 Å². The van der Waals surface area contributed by atoms with E-state index in [0.717, 1.165) is 32.1 Å². The van der Waals surface area contributed by atoms with Crippen LogP contribution in [-0.4, -0.2) is 38.7 Å². The van der Waals surface area contributed by atoms with Crippen molar-refractivity contribution in [1.82, 2.24) is 15.0 Å². The van der Waals surface area contributed by atoms with Crippen molar-refractivity contribution in [3.63, 3.8) is 0 Å². The maximum Gasteiger partial charge on any atom is 0.573 e. The van der Waals surface area contributed by atoms with Crippen LogP contribution in [0.1, 0.15) is 61.8 Å². The molecule has 0 saturated heterocycles. The molecule has 0 radical (unpaired) electrons. The van der Waals surface area contributed by atoms with Crippen molar-refractivity contribution in [3.05, 3.63) is 59.4 Å². The Hall–Kier alpha value is -3.27. The molecule has 2 N–H and O–H groups in total. The molecule has 3 aliphatic rings. The Morgan fingerprint density at radius 1 is 1.08 bits per heavy atom. The molecule has 3 aliphatic carbocycles. The number of hydrogen-bond acceptors (Lipinski definition) is 6. The fourth-order valence-electron chi connectivity index (χ4n) is 7.57. The third-order valence-electron chi connectivity index (χ3n) is 9.43. The van der Waals surface area contributed by atoms with Gasteiger partial charge in [0, 0.05) is 5.41 Å². The molecule has 3 aromatic rings. The van der Waals surface area contributed by atoms with E-state index < -0.39 is 17.4 Å². The summed E-state index contributed by atoms with van der Waals surface area (Å²) >= 11 is 0. The van der Waals surface area contributed by atoms with E-state index in [1.807, 2.05) is 12.1 Å². The lowest BCUT2D eigenvalue weighted by Gasteiger charge is -2.52. The van der Waals surface area contributed by atoms with E-state index >= 15 is 0 Å². The van der Waals surface area contributed by atoms with Crippen LogP contribution in [0, 0.1) is 17.3 Å². The standard InChI is InChI=1S/C28H30F3N3O4/c1-26-11-9-19-20(8-3-16-13-23(35)24(37-2)14-21(16)19)22(26)10-12-27(26,36)25-15-34(33-32-25)17-4-6-18(7-5-17)38-28(29,30)31/h4-7,13-15,19-20,22,35-36H,3,8-12H2,1-2H3/t19-,20+,22-,26-,27+/m0/s1. The molecule has 7 nitrogen and oxygen atoms in total. The van der Waals surface area contributed by atoms with Gasteiger partial charge in [-0.1, -0.05) is 12.1 Å². The topological polar surface area (TPSA) is 89.6 Å². The Labute approximate surface area is 218 Å². The van der Waals surface area contributed by atoms with E-state index in [2.05, 4.69) is 22.0 Å². The number of ether oxygens (including phenoxy) is 2. The van der Waals surface area contributed by atoms with Gasteiger partial charge < -0.3 is 19.7 Å². The Bertz CT molecular complexity index is 1360. The van der Waals surface area contributed by atoms with Crippen molar-refractivity contribution in [2.45, 2.75) is 63.3 Å². The molecule has 0 unspecified atom stereocenters. The highest BCUT2D eigenvalue weighted by molar-refractivity contribution is 5.49. The minimum atomic E-state index is -4.76. The molecule has 2 saturated carbocycles. The quantitative estimate of drug-likeness (QED) is 0.456. The summed E-state index contributed by atoms with van der Waals surface area (Å²) in [7, 11) is 1.56. The SMILES string of the molecule is COc1cc2c(cc1O)CC[C@@H]1[C@@H]2CC[C@@]2(C)[C@H]1CC[C@@]2(O)c1cn(-c2ccc(OC(F)(F)F)cc2)nn1. The predicted molar refractivity (Wildman–Crippen MR) is 131 cm³/mol. The number of aryl methyl sites for hydroxylation is 1. The van der Waals surface area contributed by atoms with Crippen LogP contribution in [0.3, 0.4) is 0 Å². The molecule has 202 valence electrons. The van der Waals surface area contributed by atoms with E-state index in [4.69, 9.17) is 4.74 Å². The number of aliphatic hydroxyl groups is 1. The first-order valence-corrected chi connectivity index (χ1v) is 12.9.